The van der Waals surface area contributed by atoms with Crippen LogP contribution in [-0.4, -0.2) is 35.5 Å². The number of aromatic nitrogens is 5. The Hall–Kier alpha value is -4.86. The number of ether oxygens (including phenoxy) is 1. The Kier molecular flexibility index (Phi) is 7.29. The van der Waals surface area contributed by atoms with E-state index < -0.39 is 0 Å². The zero-order chi connectivity index (χ0) is 30.3. The predicted molar refractivity (Wildman–Crippen MR) is 165 cm³/mol. The van der Waals surface area contributed by atoms with Crippen molar-refractivity contribution in [1.29, 1.82) is 0 Å². The van der Waals surface area contributed by atoms with Gasteiger partial charge < -0.3 is 15.2 Å². The van der Waals surface area contributed by atoms with Crippen molar-refractivity contribution < 1.29 is 14.6 Å². The smallest absolute Gasteiger partial charge is 0.320 e. The summed E-state index contributed by atoms with van der Waals surface area (Å²) in [5, 5.41) is 29.3. The molecule has 2 atom stereocenters. The SMILES string of the molecule is CC(C)c1nnc2ccc(O[C@@H]3CC[C@H](NC(=O)Nc4cc(C(C)(C)C)nn4-c4ccc(O)cc4)c4ccccc43)cn12. The number of rotatable bonds is 6. The second-order valence-electron chi connectivity index (χ2n) is 12.4. The number of phenols is 1. The van der Waals surface area contributed by atoms with Crippen LogP contribution in [-0.2, 0) is 5.41 Å². The number of fused-ring (bicyclic) bond motifs is 2. The summed E-state index contributed by atoms with van der Waals surface area (Å²) in [4.78, 5) is 13.4. The first-order valence-electron chi connectivity index (χ1n) is 14.6. The Morgan fingerprint density at radius 1 is 1.00 bits per heavy atom. The highest BCUT2D eigenvalue weighted by molar-refractivity contribution is 5.89. The summed E-state index contributed by atoms with van der Waals surface area (Å²) < 4.78 is 10.2. The predicted octanol–water partition coefficient (Wildman–Crippen LogP) is 6.82. The van der Waals surface area contributed by atoms with Gasteiger partial charge in [-0.25, -0.2) is 9.48 Å². The molecule has 2 amide bonds. The summed E-state index contributed by atoms with van der Waals surface area (Å²) in [6.07, 6.45) is 3.25. The second-order valence-corrected chi connectivity index (χ2v) is 12.4. The third-order valence-corrected chi connectivity index (χ3v) is 7.75. The number of hydrogen-bond donors (Lipinski definition) is 3. The summed E-state index contributed by atoms with van der Waals surface area (Å²) in [6.45, 7) is 10.4. The van der Waals surface area contributed by atoms with E-state index in [9.17, 15) is 9.90 Å². The van der Waals surface area contributed by atoms with E-state index in [1.165, 1.54) is 0 Å². The van der Waals surface area contributed by atoms with E-state index in [0.717, 1.165) is 46.2 Å². The molecule has 222 valence electrons. The van der Waals surface area contributed by atoms with Crippen molar-refractivity contribution in [2.75, 3.05) is 5.32 Å². The molecule has 0 unspecified atom stereocenters. The summed E-state index contributed by atoms with van der Waals surface area (Å²) in [7, 11) is 0. The number of pyridine rings is 1. The number of urea groups is 1. The molecule has 0 saturated carbocycles. The van der Waals surface area contributed by atoms with Crippen molar-refractivity contribution in [1.82, 2.24) is 29.7 Å². The van der Waals surface area contributed by atoms with Crippen LogP contribution >= 0.6 is 0 Å². The van der Waals surface area contributed by atoms with Crippen molar-refractivity contribution in [2.45, 2.75) is 70.9 Å². The first-order valence-corrected chi connectivity index (χ1v) is 14.6. The highest BCUT2D eigenvalue weighted by Gasteiger charge is 2.30. The van der Waals surface area contributed by atoms with Gasteiger partial charge in [0.25, 0.3) is 0 Å². The molecule has 0 aliphatic heterocycles. The highest BCUT2D eigenvalue weighted by Crippen LogP contribution is 2.39. The average Bonchev–Trinajstić information content (AvgIpc) is 3.59. The molecule has 10 heteroatoms. The lowest BCUT2D eigenvalue weighted by Crippen LogP contribution is -2.36. The van der Waals surface area contributed by atoms with Crippen LogP contribution in [0.3, 0.4) is 0 Å². The maximum atomic E-state index is 13.4. The molecule has 1 aliphatic rings. The minimum Gasteiger partial charge on any atom is -0.508 e. The van der Waals surface area contributed by atoms with Gasteiger partial charge in [0.15, 0.2) is 5.65 Å². The van der Waals surface area contributed by atoms with Gasteiger partial charge >= 0.3 is 6.03 Å². The monoisotopic (exact) mass is 579 g/mol. The van der Waals surface area contributed by atoms with Crippen LogP contribution in [0.1, 0.15) is 88.2 Å². The fourth-order valence-electron chi connectivity index (χ4n) is 5.48. The van der Waals surface area contributed by atoms with Gasteiger partial charge in [0, 0.05) is 17.4 Å². The number of nitrogens with one attached hydrogen (secondary N) is 2. The fourth-order valence-corrected chi connectivity index (χ4v) is 5.48. The number of carbonyl (C=O) groups excluding carboxylic acids is 1. The number of anilines is 1. The number of nitrogens with zero attached hydrogens (tertiary/aromatic N) is 5. The Morgan fingerprint density at radius 2 is 1.74 bits per heavy atom. The molecule has 0 saturated heterocycles. The molecule has 6 rings (SSSR count). The lowest BCUT2D eigenvalue weighted by Gasteiger charge is -2.32. The van der Waals surface area contributed by atoms with E-state index >= 15 is 0 Å². The van der Waals surface area contributed by atoms with Gasteiger partial charge in [-0.2, -0.15) is 5.10 Å². The minimum atomic E-state index is -0.321. The van der Waals surface area contributed by atoms with E-state index in [2.05, 4.69) is 61.5 Å². The average molecular weight is 580 g/mol. The van der Waals surface area contributed by atoms with Crippen molar-refractivity contribution in [3.8, 4) is 17.2 Å². The summed E-state index contributed by atoms with van der Waals surface area (Å²) >= 11 is 0. The van der Waals surface area contributed by atoms with Gasteiger partial charge in [-0.3, -0.25) is 9.72 Å². The maximum absolute atomic E-state index is 13.4. The number of carbonyl (C=O) groups is 1. The fraction of sp³-hybridized carbons (Fsp3) is 0.333. The molecule has 10 nitrogen and oxygen atoms in total. The largest absolute Gasteiger partial charge is 0.508 e. The van der Waals surface area contributed by atoms with Crippen LogP contribution in [0.4, 0.5) is 10.6 Å². The molecule has 3 heterocycles. The molecule has 0 bridgehead atoms. The third-order valence-electron chi connectivity index (χ3n) is 7.75. The Balaban J connectivity index is 1.21. The topological polar surface area (TPSA) is 119 Å². The molecule has 0 spiro atoms. The first kappa shape index (κ1) is 28.3. The molecule has 2 aromatic carbocycles. The van der Waals surface area contributed by atoms with Gasteiger partial charge in [0.2, 0.25) is 0 Å². The van der Waals surface area contributed by atoms with Crippen LogP contribution in [0.2, 0.25) is 0 Å². The van der Waals surface area contributed by atoms with Gasteiger partial charge in [-0.15, -0.1) is 10.2 Å². The molecule has 0 fully saturated rings. The first-order chi connectivity index (χ1) is 20.6. The van der Waals surface area contributed by atoms with E-state index in [1.807, 2.05) is 47.0 Å². The number of aromatic hydroxyl groups is 1. The molecule has 5 aromatic rings. The van der Waals surface area contributed by atoms with E-state index in [-0.39, 0.29) is 35.3 Å². The number of amides is 2. The zero-order valence-corrected chi connectivity index (χ0v) is 25.1. The van der Waals surface area contributed by atoms with Crippen LogP contribution < -0.4 is 15.4 Å². The van der Waals surface area contributed by atoms with Crippen LogP contribution in [0.5, 0.6) is 11.5 Å². The maximum Gasteiger partial charge on any atom is 0.320 e. The number of phenolic OH excluding ortho intramolecular Hbond substituents is 1. The van der Waals surface area contributed by atoms with Gasteiger partial charge in [0.05, 0.1) is 23.6 Å². The van der Waals surface area contributed by atoms with Crippen molar-refractivity contribution in [3.63, 3.8) is 0 Å². The molecular formula is C33H37N7O3. The van der Waals surface area contributed by atoms with E-state index in [0.29, 0.717) is 12.2 Å². The quantitative estimate of drug-likeness (QED) is 0.203. The van der Waals surface area contributed by atoms with E-state index in [1.54, 1.807) is 28.9 Å². The molecule has 3 N–H and O–H groups in total. The van der Waals surface area contributed by atoms with Crippen LogP contribution in [0, 0.1) is 0 Å². The Bertz CT molecular complexity index is 1770. The molecule has 3 aromatic heterocycles. The number of hydrogen-bond acceptors (Lipinski definition) is 6. The third kappa shape index (κ3) is 5.77. The molecule has 0 radical (unpaired) electrons. The molecule has 43 heavy (non-hydrogen) atoms. The van der Waals surface area contributed by atoms with Crippen LogP contribution in [0.15, 0.2) is 72.9 Å². The second kappa shape index (κ2) is 11.1. The normalized spacial score (nSPS) is 16.7. The molecule has 1 aliphatic carbocycles. The summed E-state index contributed by atoms with van der Waals surface area (Å²) in [5.74, 6) is 2.58. The van der Waals surface area contributed by atoms with Gasteiger partial charge in [-0.1, -0.05) is 58.9 Å². The minimum absolute atomic E-state index is 0.154. The number of benzene rings is 2. The van der Waals surface area contributed by atoms with Crippen molar-refractivity contribution in [3.05, 3.63) is 95.6 Å². The van der Waals surface area contributed by atoms with Gasteiger partial charge in [-0.05, 0) is 60.4 Å². The van der Waals surface area contributed by atoms with Gasteiger partial charge in [0.1, 0.15) is 29.2 Å². The Labute approximate surface area is 250 Å². The highest BCUT2D eigenvalue weighted by atomic mass is 16.5. The summed E-state index contributed by atoms with van der Waals surface area (Å²) in [6, 6.07) is 20.1. The standard InChI is InChI=1S/C33H37N7O3/c1-20(2)31-37-36-29-17-14-23(19-39(29)31)43-27-16-15-26(24-8-6-7-9-25(24)27)34-32(42)35-30-18-28(33(3,4)5)38-40(30)21-10-12-22(41)13-11-21/h6-14,17-20,26-27,41H,15-16H2,1-5H3,(H2,34,35,42)/t26-,27+/m0/s1. The molecular weight excluding hydrogens is 542 g/mol. The van der Waals surface area contributed by atoms with Crippen molar-refractivity contribution >= 4 is 17.5 Å². The zero-order valence-electron chi connectivity index (χ0n) is 25.1. The Morgan fingerprint density at radius 3 is 2.47 bits per heavy atom. The van der Waals surface area contributed by atoms with Crippen molar-refractivity contribution in [2.24, 2.45) is 0 Å². The lowest BCUT2D eigenvalue weighted by atomic mass is 9.85. The summed E-state index contributed by atoms with van der Waals surface area (Å²) in [5.41, 5.74) is 4.22. The van der Waals surface area contributed by atoms with E-state index in [4.69, 9.17) is 9.84 Å². The lowest BCUT2D eigenvalue weighted by molar-refractivity contribution is 0.171. The van der Waals surface area contributed by atoms with Crippen LogP contribution in [0.25, 0.3) is 11.3 Å².